The van der Waals surface area contributed by atoms with Crippen LogP contribution in [0, 0.1) is 5.82 Å². The van der Waals surface area contributed by atoms with Gasteiger partial charge in [-0.3, -0.25) is 0 Å². The van der Waals surface area contributed by atoms with Crippen LogP contribution in [0.1, 0.15) is 11.1 Å². The molecule has 0 N–H and O–H groups in total. The van der Waals surface area contributed by atoms with E-state index in [1.165, 1.54) is 0 Å². The summed E-state index contributed by atoms with van der Waals surface area (Å²) < 4.78 is 49.7. The average molecular weight is 233 g/mol. The molecular formula is C9H7F4N3. The molecule has 0 aliphatic heterocycles. The van der Waals surface area contributed by atoms with Crippen molar-refractivity contribution in [3.05, 3.63) is 45.6 Å². The number of rotatable bonds is 3. The van der Waals surface area contributed by atoms with Gasteiger partial charge in [0.2, 0.25) is 0 Å². The maximum atomic E-state index is 12.9. The molecule has 0 heterocycles. The van der Waals surface area contributed by atoms with E-state index in [1.54, 1.807) is 0 Å². The van der Waals surface area contributed by atoms with Gasteiger partial charge in [-0.05, 0) is 35.7 Å². The number of alkyl halides is 3. The van der Waals surface area contributed by atoms with Crippen molar-refractivity contribution in [1.29, 1.82) is 0 Å². The van der Waals surface area contributed by atoms with Crippen LogP contribution in [0.15, 0.2) is 23.3 Å². The summed E-state index contributed by atoms with van der Waals surface area (Å²) in [4.78, 5) is 2.45. The molecule has 0 fully saturated rings. The lowest BCUT2D eigenvalue weighted by atomic mass is 10.1. The van der Waals surface area contributed by atoms with Crippen molar-refractivity contribution < 1.29 is 17.6 Å². The molecule has 0 bridgehead atoms. The van der Waals surface area contributed by atoms with Crippen LogP contribution in [0.2, 0.25) is 0 Å². The molecular weight excluding hydrogens is 226 g/mol. The highest BCUT2D eigenvalue weighted by molar-refractivity contribution is 5.27. The predicted octanol–water partition coefficient (Wildman–Crippen LogP) is 3.70. The van der Waals surface area contributed by atoms with Crippen molar-refractivity contribution >= 4 is 0 Å². The van der Waals surface area contributed by atoms with Gasteiger partial charge in [0, 0.05) is 11.5 Å². The summed E-state index contributed by atoms with van der Waals surface area (Å²) >= 11 is 0. The summed E-state index contributed by atoms with van der Waals surface area (Å²) in [7, 11) is 0. The van der Waals surface area contributed by atoms with Crippen LogP contribution in [0.25, 0.3) is 10.4 Å². The van der Waals surface area contributed by atoms with Gasteiger partial charge < -0.3 is 0 Å². The summed E-state index contributed by atoms with van der Waals surface area (Å²) in [6.45, 7) is -0.00273. The van der Waals surface area contributed by atoms with Crippen LogP contribution in [0.5, 0.6) is 0 Å². The number of azide groups is 1. The van der Waals surface area contributed by atoms with Gasteiger partial charge in [0.25, 0.3) is 0 Å². The van der Waals surface area contributed by atoms with Crippen molar-refractivity contribution in [2.24, 2.45) is 5.11 Å². The number of hydrogen-bond donors (Lipinski definition) is 0. The lowest BCUT2D eigenvalue weighted by molar-refractivity contribution is -0.137. The molecule has 0 aromatic heterocycles. The zero-order valence-corrected chi connectivity index (χ0v) is 8.00. The zero-order chi connectivity index (χ0) is 12.2. The van der Waals surface area contributed by atoms with E-state index in [2.05, 4.69) is 10.0 Å². The van der Waals surface area contributed by atoms with Gasteiger partial charge in [0.1, 0.15) is 5.82 Å². The first-order valence-electron chi connectivity index (χ1n) is 4.31. The van der Waals surface area contributed by atoms with Crippen LogP contribution in [-0.2, 0) is 12.6 Å². The van der Waals surface area contributed by atoms with Crippen LogP contribution in [0.3, 0.4) is 0 Å². The van der Waals surface area contributed by atoms with Gasteiger partial charge in [-0.15, -0.1) is 0 Å². The molecule has 0 saturated carbocycles. The molecule has 86 valence electrons. The van der Waals surface area contributed by atoms with E-state index < -0.39 is 17.6 Å². The van der Waals surface area contributed by atoms with E-state index in [-0.39, 0.29) is 18.5 Å². The summed E-state index contributed by atoms with van der Waals surface area (Å²) in [5.74, 6) is -0.953. The molecule has 3 nitrogen and oxygen atoms in total. The molecule has 1 rings (SSSR count). The van der Waals surface area contributed by atoms with E-state index in [0.717, 1.165) is 12.1 Å². The number of nitrogens with zero attached hydrogens (tertiary/aromatic N) is 3. The second-order valence-electron chi connectivity index (χ2n) is 3.05. The Labute approximate surface area is 88.3 Å². The molecule has 0 saturated heterocycles. The highest BCUT2D eigenvalue weighted by Crippen LogP contribution is 2.30. The third-order valence-electron chi connectivity index (χ3n) is 1.85. The second-order valence-corrected chi connectivity index (χ2v) is 3.05. The lowest BCUT2D eigenvalue weighted by Crippen LogP contribution is -2.06. The van der Waals surface area contributed by atoms with Crippen molar-refractivity contribution in [2.75, 3.05) is 6.54 Å². The first-order valence-corrected chi connectivity index (χ1v) is 4.31. The maximum absolute atomic E-state index is 12.9. The van der Waals surface area contributed by atoms with E-state index in [0.29, 0.717) is 6.07 Å². The average Bonchev–Trinajstić information content (AvgIpc) is 2.16. The summed E-state index contributed by atoms with van der Waals surface area (Å²) in [5, 5.41) is 3.17. The number of benzene rings is 1. The molecule has 1 aromatic rings. The summed E-state index contributed by atoms with van der Waals surface area (Å²) in [5.41, 5.74) is 7.10. The fourth-order valence-electron chi connectivity index (χ4n) is 1.18. The van der Waals surface area contributed by atoms with Gasteiger partial charge in [-0.25, -0.2) is 4.39 Å². The Balaban J connectivity index is 2.94. The standard InChI is InChI=1S/C9H7F4N3/c10-8-4-6(1-2-15-16-14)3-7(5-8)9(11,12)13/h3-5H,1-2H2. The largest absolute Gasteiger partial charge is 0.416 e. The minimum absolute atomic E-state index is 0.00273. The van der Waals surface area contributed by atoms with Gasteiger partial charge in [0.15, 0.2) is 0 Å². The second kappa shape index (κ2) is 4.85. The smallest absolute Gasteiger partial charge is 0.207 e. The number of halogens is 4. The fourth-order valence-corrected chi connectivity index (χ4v) is 1.18. The fraction of sp³-hybridized carbons (Fsp3) is 0.333. The lowest BCUT2D eigenvalue weighted by Gasteiger charge is -2.08. The Morgan fingerprint density at radius 2 is 1.94 bits per heavy atom. The minimum atomic E-state index is -4.57. The van der Waals surface area contributed by atoms with Gasteiger partial charge >= 0.3 is 6.18 Å². The zero-order valence-electron chi connectivity index (χ0n) is 8.00. The predicted molar refractivity (Wildman–Crippen MR) is 49.1 cm³/mol. The van der Waals surface area contributed by atoms with Crippen LogP contribution >= 0.6 is 0 Å². The van der Waals surface area contributed by atoms with Crippen LogP contribution < -0.4 is 0 Å². The first kappa shape index (κ1) is 12.3. The monoisotopic (exact) mass is 233 g/mol. The Bertz CT molecular complexity index is 421. The highest BCUT2D eigenvalue weighted by atomic mass is 19.4. The van der Waals surface area contributed by atoms with E-state index in [9.17, 15) is 17.6 Å². The topological polar surface area (TPSA) is 48.8 Å². The minimum Gasteiger partial charge on any atom is -0.207 e. The molecule has 0 aliphatic carbocycles. The van der Waals surface area contributed by atoms with Gasteiger partial charge in [-0.2, -0.15) is 13.2 Å². The SMILES string of the molecule is [N-]=[N+]=NCCc1cc(F)cc(C(F)(F)F)c1. The Hall–Kier alpha value is -1.75. The van der Waals surface area contributed by atoms with E-state index in [4.69, 9.17) is 5.53 Å². The third-order valence-corrected chi connectivity index (χ3v) is 1.85. The Kier molecular flexibility index (Phi) is 3.73. The Morgan fingerprint density at radius 3 is 2.50 bits per heavy atom. The Morgan fingerprint density at radius 1 is 1.25 bits per heavy atom. The van der Waals surface area contributed by atoms with Crippen molar-refractivity contribution in [2.45, 2.75) is 12.6 Å². The van der Waals surface area contributed by atoms with Gasteiger partial charge in [-0.1, -0.05) is 5.11 Å². The molecule has 0 unspecified atom stereocenters. The molecule has 0 aliphatic rings. The maximum Gasteiger partial charge on any atom is 0.416 e. The van der Waals surface area contributed by atoms with Crippen molar-refractivity contribution in [3.63, 3.8) is 0 Å². The first-order chi connectivity index (χ1) is 7.43. The van der Waals surface area contributed by atoms with Crippen molar-refractivity contribution in [1.82, 2.24) is 0 Å². The highest BCUT2D eigenvalue weighted by Gasteiger charge is 2.31. The summed E-state index contributed by atoms with van der Waals surface area (Å²) in [6.07, 6.45) is -4.50. The molecule has 16 heavy (non-hydrogen) atoms. The number of hydrogen-bond acceptors (Lipinski definition) is 1. The molecule has 0 radical (unpaired) electrons. The molecule has 0 atom stereocenters. The summed E-state index contributed by atoms with van der Waals surface area (Å²) in [6, 6.07) is 2.26. The van der Waals surface area contributed by atoms with Crippen LogP contribution in [-0.4, -0.2) is 6.54 Å². The molecule has 7 heteroatoms. The van der Waals surface area contributed by atoms with Crippen molar-refractivity contribution in [3.8, 4) is 0 Å². The van der Waals surface area contributed by atoms with E-state index in [1.807, 2.05) is 0 Å². The molecule has 1 aromatic carbocycles. The quantitative estimate of drug-likeness (QED) is 0.331. The van der Waals surface area contributed by atoms with E-state index >= 15 is 0 Å². The van der Waals surface area contributed by atoms with Gasteiger partial charge in [0.05, 0.1) is 5.56 Å². The molecule has 0 spiro atoms. The third kappa shape index (κ3) is 3.43. The normalized spacial score (nSPS) is 11.0. The van der Waals surface area contributed by atoms with Crippen LogP contribution in [0.4, 0.5) is 17.6 Å². The molecule has 0 amide bonds.